The van der Waals surface area contributed by atoms with Crippen LogP contribution in [0.4, 0.5) is 17.5 Å². The quantitative estimate of drug-likeness (QED) is 0.383. The first kappa shape index (κ1) is 20.9. The number of aliphatic hydroxyl groups is 1. The Kier molecular flexibility index (Phi) is 6.29. The molecule has 0 aliphatic carbocycles. The van der Waals surface area contributed by atoms with Crippen LogP contribution in [0.3, 0.4) is 0 Å². The maximum absolute atomic E-state index is 9.20. The minimum atomic E-state index is 0.0525. The van der Waals surface area contributed by atoms with E-state index in [0.717, 1.165) is 68.1 Å². The largest absolute Gasteiger partial charge is 0.394 e. The van der Waals surface area contributed by atoms with Gasteiger partial charge in [0.15, 0.2) is 0 Å². The van der Waals surface area contributed by atoms with Gasteiger partial charge in [-0.3, -0.25) is 4.68 Å². The highest BCUT2D eigenvalue weighted by Gasteiger charge is 2.18. The predicted molar refractivity (Wildman–Crippen MR) is 125 cm³/mol. The second-order valence-corrected chi connectivity index (χ2v) is 8.38. The van der Waals surface area contributed by atoms with Gasteiger partial charge in [-0.1, -0.05) is 6.07 Å². The van der Waals surface area contributed by atoms with E-state index in [9.17, 15) is 5.11 Å². The molecule has 5 N–H and O–H groups in total. The molecule has 0 unspecified atom stereocenters. The van der Waals surface area contributed by atoms with Gasteiger partial charge in [-0.15, -0.1) is 0 Å². The topological polar surface area (TPSA) is 112 Å². The van der Waals surface area contributed by atoms with Gasteiger partial charge in [-0.2, -0.15) is 10.1 Å². The van der Waals surface area contributed by atoms with E-state index in [1.165, 1.54) is 11.1 Å². The second kappa shape index (κ2) is 9.64. The van der Waals surface area contributed by atoms with Gasteiger partial charge in [-0.05, 0) is 62.2 Å². The fourth-order valence-electron chi connectivity index (χ4n) is 4.34. The standard InChI is InChI=1S/C23H30N8O/c32-10-9-31-15-18(13-27-31)21-14-26-23(30-22(21)28-19-4-7-24-8-5-19)29-20-2-1-16-3-6-25-12-17(16)11-20/h1-2,11,13-15,19,24-25,32H,3-10,12H2,(H2,26,28,29,30). The van der Waals surface area contributed by atoms with Crippen molar-refractivity contribution in [1.29, 1.82) is 0 Å². The maximum atomic E-state index is 9.20. The number of rotatable bonds is 7. The van der Waals surface area contributed by atoms with Crippen LogP contribution in [0.25, 0.3) is 11.1 Å². The Labute approximate surface area is 187 Å². The fourth-order valence-corrected chi connectivity index (χ4v) is 4.34. The number of aliphatic hydroxyl groups excluding tert-OH is 1. The molecule has 1 saturated heterocycles. The summed E-state index contributed by atoms with van der Waals surface area (Å²) in [5, 5.41) is 27.4. The summed E-state index contributed by atoms with van der Waals surface area (Å²) in [7, 11) is 0. The van der Waals surface area contributed by atoms with Crippen molar-refractivity contribution in [2.45, 2.75) is 38.4 Å². The number of fused-ring (bicyclic) bond motifs is 1. The van der Waals surface area contributed by atoms with E-state index >= 15 is 0 Å². The van der Waals surface area contributed by atoms with Crippen LogP contribution < -0.4 is 21.3 Å². The molecule has 2 aromatic heterocycles. The molecule has 1 fully saturated rings. The van der Waals surface area contributed by atoms with Crippen LogP contribution in [-0.4, -0.2) is 57.1 Å². The SMILES string of the molecule is OCCn1cc(-c2cnc(Nc3ccc4c(c3)CNCC4)nc2NC2CCNCC2)cn1. The van der Waals surface area contributed by atoms with Gasteiger partial charge in [0, 0.05) is 41.8 Å². The lowest BCUT2D eigenvalue weighted by Crippen LogP contribution is -2.35. The Hall–Kier alpha value is -3.01. The van der Waals surface area contributed by atoms with Crippen molar-refractivity contribution in [2.75, 3.05) is 36.9 Å². The number of hydrogen-bond acceptors (Lipinski definition) is 8. The fraction of sp³-hybridized carbons (Fsp3) is 0.435. The van der Waals surface area contributed by atoms with Crippen molar-refractivity contribution in [3.63, 3.8) is 0 Å². The third-order valence-corrected chi connectivity index (χ3v) is 6.09. The van der Waals surface area contributed by atoms with Crippen LogP contribution in [0.2, 0.25) is 0 Å². The lowest BCUT2D eigenvalue weighted by atomic mass is 10.0. The van der Waals surface area contributed by atoms with E-state index < -0.39 is 0 Å². The van der Waals surface area contributed by atoms with Crippen LogP contribution in [0, 0.1) is 0 Å². The molecule has 0 spiro atoms. The van der Waals surface area contributed by atoms with Crippen LogP contribution in [0.15, 0.2) is 36.8 Å². The van der Waals surface area contributed by atoms with Crippen LogP contribution in [0.1, 0.15) is 24.0 Å². The van der Waals surface area contributed by atoms with E-state index in [-0.39, 0.29) is 6.61 Å². The normalized spacial score (nSPS) is 16.5. The predicted octanol–water partition coefficient (Wildman–Crippen LogP) is 1.89. The average Bonchev–Trinajstić information content (AvgIpc) is 3.28. The molecule has 168 valence electrons. The first-order valence-corrected chi connectivity index (χ1v) is 11.4. The first-order valence-electron chi connectivity index (χ1n) is 11.4. The number of hydrogen-bond donors (Lipinski definition) is 5. The van der Waals surface area contributed by atoms with Gasteiger partial charge in [0.25, 0.3) is 0 Å². The maximum Gasteiger partial charge on any atom is 0.229 e. The van der Waals surface area contributed by atoms with Crippen LogP contribution in [0.5, 0.6) is 0 Å². The summed E-state index contributed by atoms with van der Waals surface area (Å²) in [6.45, 7) is 4.44. The molecule has 9 heteroatoms. The summed E-state index contributed by atoms with van der Waals surface area (Å²) in [5.74, 6) is 1.37. The number of nitrogens with zero attached hydrogens (tertiary/aromatic N) is 4. The summed E-state index contributed by atoms with van der Waals surface area (Å²) in [5.41, 5.74) is 5.55. The minimum Gasteiger partial charge on any atom is -0.394 e. The Morgan fingerprint density at radius 2 is 2.00 bits per heavy atom. The lowest BCUT2D eigenvalue weighted by molar-refractivity contribution is 0.269. The van der Waals surface area contributed by atoms with Crippen molar-refractivity contribution in [2.24, 2.45) is 0 Å². The molecular formula is C23H30N8O. The summed E-state index contributed by atoms with van der Waals surface area (Å²) < 4.78 is 1.73. The highest BCUT2D eigenvalue weighted by atomic mass is 16.3. The zero-order valence-electron chi connectivity index (χ0n) is 18.1. The van der Waals surface area contributed by atoms with Gasteiger partial charge >= 0.3 is 0 Å². The molecule has 5 rings (SSSR count). The molecular weight excluding hydrogens is 404 g/mol. The van der Waals surface area contributed by atoms with Crippen molar-refractivity contribution in [3.8, 4) is 11.1 Å². The Morgan fingerprint density at radius 1 is 1.09 bits per heavy atom. The van der Waals surface area contributed by atoms with E-state index in [1.54, 1.807) is 10.9 Å². The number of nitrogens with one attached hydrogen (secondary N) is 4. The molecule has 9 nitrogen and oxygen atoms in total. The molecule has 1 aromatic carbocycles. The summed E-state index contributed by atoms with van der Waals surface area (Å²) in [4.78, 5) is 9.44. The molecule has 0 bridgehead atoms. The van der Waals surface area contributed by atoms with Crippen molar-refractivity contribution >= 4 is 17.5 Å². The molecule has 0 saturated carbocycles. The van der Waals surface area contributed by atoms with E-state index in [1.807, 2.05) is 12.4 Å². The van der Waals surface area contributed by atoms with Crippen molar-refractivity contribution in [1.82, 2.24) is 30.4 Å². The second-order valence-electron chi connectivity index (χ2n) is 8.38. The molecule has 3 aromatic rings. The van der Waals surface area contributed by atoms with Crippen LogP contribution >= 0.6 is 0 Å². The third-order valence-electron chi connectivity index (χ3n) is 6.09. The minimum absolute atomic E-state index is 0.0525. The molecule has 0 atom stereocenters. The zero-order chi connectivity index (χ0) is 21.8. The highest BCUT2D eigenvalue weighted by molar-refractivity contribution is 5.75. The summed E-state index contributed by atoms with van der Waals surface area (Å²) in [6, 6.07) is 6.83. The highest BCUT2D eigenvalue weighted by Crippen LogP contribution is 2.29. The van der Waals surface area contributed by atoms with E-state index in [4.69, 9.17) is 4.98 Å². The number of piperidine rings is 1. The average molecular weight is 435 g/mol. The van der Waals surface area contributed by atoms with Crippen molar-refractivity contribution in [3.05, 3.63) is 47.9 Å². The first-order chi connectivity index (χ1) is 15.8. The Morgan fingerprint density at radius 3 is 2.88 bits per heavy atom. The zero-order valence-corrected chi connectivity index (χ0v) is 18.1. The molecule has 2 aliphatic heterocycles. The van der Waals surface area contributed by atoms with Gasteiger partial charge in [0.2, 0.25) is 5.95 Å². The smallest absolute Gasteiger partial charge is 0.229 e. The van der Waals surface area contributed by atoms with Crippen molar-refractivity contribution < 1.29 is 5.11 Å². The monoisotopic (exact) mass is 434 g/mol. The van der Waals surface area contributed by atoms with Gasteiger partial charge in [0.1, 0.15) is 5.82 Å². The lowest BCUT2D eigenvalue weighted by Gasteiger charge is -2.25. The third kappa shape index (κ3) is 4.74. The van der Waals surface area contributed by atoms with Gasteiger partial charge < -0.3 is 26.4 Å². The number of benzene rings is 1. The number of aromatic nitrogens is 4. The van der Waals surface area contributed by atoms with Gasteiger partial charge in [0.05, 0.1) is 19.3 Å². The number of anilines is 3. The van der Waals surface area contributed by atoms with Crippen LogP contribution in [-0.2, 0) is 19.5 Å². The van der Waals surface area contributed by atoms with E-state index in [2.05, 4.69) is 49.5 Å². The molecule has 32 heavy (non-hydrogen) atoms. The molecule has 0 radical (unpaired) electrons. The summed E-state index contributed by atoms with van der Waals surface area (Å²) >= 11 is 0. The molecule has 4 heterocycles. The summed E-state index contributed by atoms with van der Waals surface area (Å²) in [6.07, 6.45) is 8.73. The van der Waals surface area contributed by atoms with Gasteiger partial charge in [-0.25, -0.2) is 4.98 Å². The molecule has 0 amide bonds. The Balaban J connectivity index is 1.42. The van der Waals surface area contributed by atoms with E-state index in [0.29, 0.717) is 18.5 Å². The Bertz CT molecular complexity index is 1060. The molecule has 2 aliphatic rings.